The second-order valence-electron chi connectivity index (χ2n) is 8.15. The number of hydrogen-bond acceptors (Lipinski definition) is 5. The molecule has 1 aliphatic carbocycles. The van der Waals surface area contributed by atoms with Crippen LogP contribution in [0, 0.1) is 11.7 Å². The Morgan fingerprint density at radius 2 is 2.00 bits per heavy atom. The van der Waals surface area contributed by atoms with E-state index < -0.39 is 0 Å². The van der Waals surface area contributed by atoms with Crippen molar-refractivity contribution >= 4 is 10.9 Å². The van der Waals surface area contributed by atoms with Crippen molar-refractivity contribution in [2.45, 2.75) is 37.4 Å². The summed E-state index contributed by atoms with van der Waals surface area (Å²) in [5, 5.41) is 25.1. The zero-order valence-corrected chi connectivity index (χ0v) is 16.0. The predicted octanol–water partition coefficient (Wildman–Crippen LogP) is 3.04. The lowest BCUT2D eigenvalue weighted by molar-refractivity contribution is 0.261. The molecule has 29 heavy (non-hydrogen) atoms. The van der Waals surface area contributed by atoms with Crippen LogP contribution in [0.2, 0.25) is 0 Å². The fraction of sp³-hybridized carbons (Fsp3) is 0.364. The quantitative estimate of drug-likeness (QED) is 0.382. The summed E-state index contributed by atoms with van der Waals surface area (Å²) in [5.41, 5.74) is 8.86. The van der Waals surface area contributed by atoms with Crippen molar-refractivity contribution in [3.8, 4) is 11.5 Å². The van der Waals surface area contributed by atoms with Gasteiger partial charge in [-0.05, 0) is 55.0 Å². The van der Waals surface area contributed by atoms with Gasteiger partial charge in [0.05, 0.1) is 6.04 Å². The molecule has 1 aliphatic heterocycles. The Kier molecular flexibility index (Phi) is 4.66. The summed E-state index contributed by atoms with van der Waals surface area (Å²) in [6, 6.07) is 9.89. The van der Waals surface area contributed by atoms with E-state index in [9.17, 15) is 14.6 Å². The molecule has 0 bridgehead atoms. The molecular weight excluding hydrogens is 371 g/mol. The Hall–Kier alpha value is -2.61. The SMILES string of the molecule is Oc1cccc(C(NC2CCC3CNNC3C2)c2c[nH]c3ccc(F)cc23)c1O. The number of phenolic OH excluding ortho intramolecular Hbond substituents is 2. The third kappa shape index (κ3) is 3.35. The van der Waals surface area contributed by atoms with Crippen LogP contribution >= 0.6 is 0 Å². The molecule has 1 aromatic heterocycles. The molecule has 152 valence electrons. The fourth-order valence-corrected chi connectivity index (χ4v) is 4.84. The van der Waals surface area contributed by atoms with E-state index in [1.165, 1.54) is 18.2 Å². The van der Waals surface area contributed by atoms with Crippen molar-refractivity contribution in [2.24, 2.45) is 5.92 Å². The lowest BCUT2D eigenvalue weighted by Crippen LogP contribution is -2.44. The minimum absolute atomic E-state index is 0.148. The molecule has 5 rings (SSSR count). The summed E-state index contributed by atoms with van der Waals surface area (Å²) in [7, 11) is 0. The third-order valence-electron chi connectivity index (χ3n) is 6.39. The number of fused-ring (bicyclic) bond motifs is 2. The molecule has 2 aliphatic rings. The minimum atomic E-state index is -0.381. The minimum Gasteiger partial charge on any atom is -0.504 e. The molecule has 2 fully saturated rings. The van der Waals surface area contributed by atoms with Gasteiger partial charge in [0.2, 0.25) is 0 Å². The number of hydrazine groups is 1. The van der Waals surface area contributed by atoms with E-state index in [1.54, 1.807) is 18.2 Å². The van der Waals surface area contributed by atoms with Crippen LogP contribution in [-0.4, -0.2) is 33.8 Å². The highest BCUT2D eigenvalue weighted by Gasteiger charge is 2.35. The molecule has 3 aromatic rings. The van der Waals surface area contributed by atoms with Crippen molar-refractivity contribution in [2.75, 3.05) is 6.54 Å². The number of halogens is 1. The molecule has 4 unspecified atom stereocenters. The van der Waals surface area contributed by atoms with Gasteiger partial charge in [0.1, 0.15) is 5.82 Å². The average molecular weight is 396 g/mol. The zero-order valence-electron chi connectivity index (χ0n) is 16.0. The number of aromatic nitrogens is 1. The average Bonchev–Trinajstić information content (AvgIpc) is 3.34. The number of phenols is 2. The highest BCUT2D eigenvalue weighted by molar-refractivity contribution is 5.84. The van der Waals surface area contributed by atoms with Gasteiger partial charge in [-0.1, -0.05) is 12.1 Å². The lowest BCUT2D eigenvalue weighted by Gasteiger charge is -2.34. The molecule has 0 spiro atoms. The first-order chi connectivity index (χ1) is 14.1. The molecule has 7 heteroatoms. The number of aromatic hydroxyl groups is 2. The smallest absolute Gasteiger partial charge is 0.162 e. The highest BCUT2D eigenvalue weighted by Crippen LogP contribution is 2.39. The molecule has 0 radical (unpaired) electrons. The van der Waals surface area contributed by atoms with Gasteiger partial charge in [0, 0.05) is 41.3 Å². The summed E-state index contributed by atoms with van der Waals surface area (Å²) in [5.74, 6) is 0.0256. The predicted molar refractivity (Wildman–Crippen MR) is 109 cm³/mol. The number of rotatable bonds is 4. The van der Waals surface area contributed by atoms with E-state index in [0.717, 1.165) is 42.3 Å². The molecule has 2 heterocycles. The van der Waals surface area contributed by atoms with E-state index in [2.05, 4.69) is 21.2 Å². The number of hydrogen-bond donors (Lipinski definition) is 6. The maximum absolute atomic E-state index is 14.0. The topological polar surface area (TPSA) is 92.3 Å². The first kappa shape index (κ1) is 18.4. The van der Waals surface area contributed by atoms with Crippen LogP contribution < -0.4 is 16.2 Å². The van der Waals surface area contributed by atoms with Gasteiger partial charge in [-0.25, -0.2) is 4.39 Å². The van der Waals surface area contributed by atoms with Crippen molar-refractivity contribution in [3.05, 3.63) is 59.5 Å². The highest BCUT2D eigenvalue weighted by atomic mass is 19.1. The Labute approximate surface area is 168 Å². The molecule has 4 atom stereocenters. The first-order valence-electron chi connectivity index (χ1n) is 10.1. The van der Waals surface area contributed by atoms with Crippen molar-refractivity contribution in [3.63, 3.8) is 0 Å². The van der Waals surface area contributed by atoms with Gasteiger partial charge in [0.15, 0.2) is 11.5 Å². The zero-order chi connectivity index (χ0) is 20.0. The van der Waals surface area contributed by atoms with Crippen molar-refractivity contribution in [1.82, 2.24) is 21.2 Å². The molecule has 2 aromatic carbocycles. The number of H-pyrrole nitrogens is 1. The van der Waals surface area contributed by atoms with Crippen LogP contribution in [0.3, 0.4) is 0 Å². The Bertz CT molecular complexity index is 1040. The van der Waals surface area contributed by atoms with Crippen LogP contribution in [0.4, 0.5) is 4.39 Å². The van der Waals surface area contributed by atoms with Gasteiger partial charge in [-0.15, -0.1) is 0 Å². The summed E-state index contributed by atoms with van der Waals surface area (Å²) in [4.78, 5) is 3.20. The normalized spacial score (nSPS) is 25.2. The molecule has 1 saturated heterocycles. The monoisotopic (exact) mass is 396 g/mol. The van der Waals surface area contributed by atoms with Crippen LogP contribution in [0.15, 0.2) is 42.6 Å². The summed E-state index contributed by atoms with van der Waals surface area (Å²) in [6.45, 7) is 0.996. The van der Waals surface area contributed by atoms with E-state index in [1.807, 2.05) is 6.20 Å². The largest absolute Gasteiger partial charge is 0.504 e. The van der Waals surface area contributed by atoms with Crippen LogP contribution in [-0.2, 0) is 0 Å². The van der Waals surface area contributed by atoms with Gasteiger partial charge in [-0.3, -0.25) is 10.9 Å². The maximum atomic E-state index is 14.0. The lowest BCUT2D eigenvalue weighted by atomic mass is 9.82. The van der Waals surface area contributed by atoms with Crippen LogP contribution in [0.25, 0.3) is 10.9 Å². The second-order valence-corrected chi connectivity index (χ2v) is 8.15. The summed E-state index contributed by atoms with van der Waals surface area (Å²) >= 11 is 0. The van der Waals surface area contributed by atoms with Gasteiger partial charge in [0.25, 0.3) is 0 Å². The first-order valence-corrected chi connectivity index (χ1v) is 10.1. The summed E-state index contributed by atoms with van der Waals surface area (Å²) in [6.07, 6.45) is 4.96. The molecule has 1 saturated carbocycles. The van der Waals surface area contributed by atoms with Crippen LogP contribution in [0.5, 0.6) is 11.5 Å². The number of benzene rings is 2. The molecule has 6 N–H and O–H groups in total. The van der Waals surface area contributed by atoms with E-state index in [-0.39, 0.29) is 29.4 Å². The number of aromatic amines is 1. The van der Waals surface area contributed by atoms with Crippen LogP contribution in [0.1, 0.15) is 36.4 Å². The van der Waals surface area contributed by atoms with E-state index in [4.69, 9.17) is 0 Å². The van der Waals surface area contributed by atoms with Gasteiger partial charge in [-0.2, -0.15) is 0 Å². The molecule has 0 amide bonds. The molecule has 6 nitrogen and oxygen atoms in total. The third-order valence-corrected chi connectivity index (χ3v) is 6.39. The Morgan fingerprint density at radius 1 is 1.10 bits per heavy atom. The van der Waals surface area contributed by atoms with Crippen molar-refractivity contribution in [1.29, 1.82) is 0 Å². The van der Waals surface area contributed by atoms with Crippen molar-refractivity contribution < 1.29 is 14.6 Å². The number of para-hydroxylation sites is 1. The standard InChI is InChI=1S/C22H25FN4O2/c23-13-5-7-18-16(8-13)17(11-24-18)21(15-2-1-3-20(28)22(15)29)26-14-6-4-12-10-25-27-19(12)9-14/h1-3,5,7-8,11-12,14,19,21,24-29H,4,6,9-10H2. The second kappa shape index (κ2) is 7.33. The Balaban J connectivity index is 1.54. The summed E-state index contributed by atoms with van der Waals surface area (Å²) < 4.78 is 14.0. The maximum Gasteiger partial charge on any atom is 0.162 e. The van der Waals surface area contributed by atoms with E-state index >= 15 is 0 Å². The van der Waals surface area contributed by atoms with Gasteiger partial charge >= 0.3 is 0 Å². The van der Waals surface area contributed by atoms with E-state index in [0.29, 0.717) is 17.5 Å². The fourth-order valence-electron chi connectivity index (χ4n) is 4.84. The molecular formula is C22H25FN4O2. The Morgan fingerprint density at radius 3 is 2.90 bits per heavy atom. The number of nitrogens with one attached hydrogen (secondary N) is 4. The van der Waals surface area contributed by atoms with Gasteiger partial charge < -0.3 is 20.5 Å².